The highest BCUT2D eigenvalue weighted by molar-refractivity contribution is 6.32. The number of likely N-dealkylation sites (N-methyl/N-ethyl adjacent to an activating group) is 1. The van der Waals surface area contributed by atoms with Gasteiger partial charge in [0.1, 0.15) is 18.9 Å². The monoisotopic (exact) mass is 412 g/mol. The molecule has 0 spiro atoms. The summed E-state index contributed by atoms with van der Waals surface area (Å²) in [6, 6.07) is 16.5. The van der Waals surface area contributed by atoms with Crippen LogP contribution in [0.3, 0.4) is 0 Å². The standard InChI is InChI=1S/C22H21ClN2O4/c1-3-28-21(26)13-25(2)22(27)16-9-11-20(18(23)12-16)29-14-17-10-8-15-6-4-5-7-19(15)24-17/h4-12H,3,13-14H2,1-2H3. The molecule has 6 nitrogen and oxygen atoms in total. The minimum Gasteiger partial charge on any atom is -0.486 e. The molecule has 0 saturated carbocycles. The van der Waals surface area contributed by atoms with Gasteiger partial charge in [-0.25, -0.2) is 4.98 Å². The molecule has 150 valence electrons. The van der Waals surface area contributed by atoms with Crippen LogP contribution >= 0.6 is 11.6 Å². The van der Waals surface area contributed by atoms with E-state index < -0.39 is 5.97 Å². The Morgan fingerprint density at radius 1 is 1.10 bits per heavy atom. The Morgan fingerprint density at radius 3 is 2.66 bits per heavy atom. The smallest absolute Gasteiger partial charge is 0.325 e. The first-order valence-corrected chi connectivity index (χ1v) is 9.54. The fraction of sp³-hybridized carbons (Fsp3) is 0.227. The predicted octanol–water partition coefficient (Wildman–Crippen LogP) is 4.10. The van der Waals surface area contributed by atoms with Crippen LogP contribution in [0.15, 0.2) is 54.6 Å². The highest BCUT2D eigenvalue weighted by Crippen LogP contribution is 2.27. The molecule has 1 heterocycles. The second-order valence-electron chi connectivity index (χ2n) is 6.40. The zero-order chi connectivity index (χ0) is 20.8. The van der Waals surface area contributed by atoms with Crippen LogP contribution in [-0.2, 0) is 16.1 Å². The Bertz CT molecular complexity index is 1040. The number of rotatable bonds is 7. The van der Waals surface area contributed by atoms with E-state index in [0.29, 0.717) is 16.3 Å². The van der Waals surface area contributed by atoms with E-state index in [-0.39, 0.29) is 25.7 Å². The largest absolute Gasteiger partial charge is 0.486 e. The second-order valence-corrected chi connectivity index (χ2v) is 6.80. The Hall–Kier alpha value is -3.12. The molecule has 0 saturated heterocycles. The van der Waals surface area contributed by atoms with Gasteiger partial charge in [0.15, 0.2) is 0 Å². The predicted molar refractivity (Wildman–Crippen MR) is 111 cm³/mol. The van der Waals surface area contributed by atoms with Gasteiger partial charge in [0.25, 0.3) is 5.91 Å². The van der Waals surface area contributed by atoms with Crippen LogP contribution in [-0.4, -0.2) is 42.0 Å². The number of nitrogens with zero attached hydrogens (tertiary/aromatic N) is 2. The SMILES string of the molecule is CCOC(=O)CN(C)C(=O)c1ccc(OCc2ccc3ccccc3n2)c(Cl)c1. The van der Waals surface area contributed by atoms with Crippen LogP contribution in [0, 0.1) is 0 Å². The van der Waals surface area contributed by atoms with Crippen molar-refractivity contribution in [2.45, 2.75) is 13.5 Å². The van der Waals surface area contributed by atoms with Crippen molar-refractivity contribution >= 4 is 34.4 Å². The summed E-state index contributed by atoms with van der Waals surface area (Å²) in [4.78, 5) is 29.8. The minimum atomic E-state index is -0.461. The molecule has 0 bridgehead atoms. The number of pyridine rings is 1. The van der Waals surface area contributed by atoms with E-state index in [1.807, 2.05) is 36.4 Å². The van der Waals surface area contributed by atoms with Crippen LogP contribution in [0.25, 0.3) is 10.9 Å². The zero-order valence-electron chi connectivity index (χ0n) is 16.2. The summed E-state index contributed by atoms with van der Waals surface area (Å²) in [6.07, 6.45) is 0. The van der Waals surface area contributed by atoms with Gasteiger partial charge in [-0.15, -0.1) is 0 Å². The highest BCUT2D eigenvalue weighted by Gasteiger charge is 2.17. The van der Waals surface area contributed by atoms with E-state index in [1.165, 1.54) is 18.0 Å². The van der Waals surface area contributed by atoms with Gasteiger partial charge in [-0.2, -0.15) is 0 Å². The number of para-hydroxylation sites is 1. The first-order chi connectivity index (χ1) is 14.0. The molecule has 3 rings (SSSR count). The maximum Gasteiger partial charge on any atom is 0.325 e. The summed E-state index contributed by atoms with van der Waals surface area (Å²) in [5, 5.41) is 1.37. The van der Waals surface area contributed by atoms with Gasteiger partial charge in [0.05, 0.1) is 22.8 Å². The fourth-order valence-electron chi connectivity index (χ4n) is 2.78. The van der Waals surface area contributed by atoms with Crippen molar-refractivity contribution in [1.29, 1.82) is 0 Å². The number of esters is 1. The summed E-state index contributed by atoms with van der Waals surface area (Å²) in [6.45, 7) is 2.10. The number of hydrogen-bond acceptors (Lipinski definition) is 5. The first-order valence-electron chi connectivity index (χ1n) is 9.16. The Balaban J connectivity index is 1.65. The third kappa shape index (κ3) is 5.23. The molecule has 7 heteroatoms. The Morgan fingerprint density at radius 2 is 1.90 bits per heavy atom. The molecule has 1 amide bonds. The number of aromatic nitrogens is 1. The lowest BCUT2D eigenvalue weighted by Crippen LogP contribution is -2.33. The van der Waals surface area contributed by atoms with E-state index in [1.54, 1.807) is 19.1 Å². The summed E-state index contributed by atoms with van der Waals surface area (Å²) in [7, 11) is 1.53. The number of benzene rings is 2. The van der Waals surface area contributed by atoms with Crippen molar-refractivity contribution in [3.63, 3.8) is 0 Å². The molecule has 29 heavy (non-hydrogen) atoms. The van der Waals surface area contributed by atoms with Crippen LogP contribution in [0.4, 0.5) is 0 Å². The second kappa shape index (κ2) is 9.39. The quantitative estimate of drug-likeness (QED) is 0.546. The summed E-state index contributed by atoms with van der Waals surface area (Å²) in [5.41, 5.74) is 2.03. The molecule has 0 radical (unpaired) electrons. The van der Waals surface area contributed by atoms with Gasteiger partial charge in [0, 0.05) is 18.0 Å². The van der Waals surface area contributed by atoms with Crippen LogP contribution in [0.5, 0.6) is 5.75 Å². The van der Waals surface area contributed by atoms with E-state index in [4.69, 9.17) is 21.1 Å². The molecule has 0 aliphatic rings. The number of amides is 1. The molecule has 0 aliphatic heterocycles. The zero-order valence-corrected chi connectivity index (χ0v) is 17.0. The van der Waals surface area contributed by atoms with Gasteiger partial charge in [-0.1, -0.05) is 35.9 Å². The summed E-state index contributed by atoms with van der Waals surface area (Å²) >= 11 is 6.29. The molecular weight excluding hydrogens is 392 g/mol. The molecule has 0 aliphatic carbocycles. The van der Waals surface area contributed by atoms with Crippen molar-refractivity contribution < 1.29 is 19.1 Å². The lowest BCUT2D eigenvalue weighted by molar-refractivity contribution is -0.143. The number of ether oxygens (including phenoxy) is 2. The van der Waals surface area contributed by atoms with Gasteiger partial charge >= 0.3 is 5.97 Å². The van der Waals surface area contributed by atoms with Gasteiger partial charge in [0.2, 0.25) is 0 Å². The highest BCUT2D eigenvalue weighted by atomic mass is 35.5. The number of carbonyl (C=O) groups is 2. The van der Waals surface area contributed by atoms with Crippen molar-refractivity contribution in [2.24, 2.45) is 0 Å². The minimum absolute atomic E-state index is 0.129. The van der Waals surface area contributed by atoms with Gasteiger partial charge in [-0.05, 0) is 37.3 Å². The maximum atomic E-state index is 12.5. The van der Waals surface area contributed by atoms with Crippen molar-refractivity contribution in [1.82, 2.24) is 9.88 Å². The van der Waals surface area contributed by atoms with Crippen molar-refractivity contribution in [2.75, 3.05) is 20.2 Å². The number of fused-ring (bicyclic) bond motifs is 1. The van der Waals surface area contributed by atoms with E-state index in [0.717, 1.165) is 16.6 Å². The first kappa shape index (κ1) is 20.6. The average molecular weight is 413 g/mol. The van der Waals surface area contributed by atoms with E-state index in [9.17, 15) is 9.59 Å². The van der Waals surface area contributed by atoms with E-state index >= 15 is 0 Å². The third-order valence-electron chi connectivity index (χ3n) is 4.23. The van der Waals surface area contributed by atoms with Gasteiger partial charge in [-0.3, -0.25) is 9.59 Å². The molecule has 3 aromatic rings. The Kier molecular flexibility index (Phi) is 6.67. The number of hydrogen-bond donors (Lipinski definition) is 0. The lowest BCUT2D eigenvalue weighted by Gasteiger charge is -2.17. The molecule has 0 N–H and O–H groups in total. The Labute approximate surface area is 174 Å². The molecule has 0 unspecified atom stereocenters. The van der Waals surface area contributed by atoms with Crippen LogP contribution in [0.1, 0.15) is 23.0 Å². The maximum absolute atomic E-state index is 12.5. The number of halogens is 1. The summed E-state index contributed by atoms with van der Waals surface area (Å²) in [5.74, 6) is -0.341. The van der Waals surface area contributed by atoms with Crippen LogP contribution in [0.2, 0.25) is 5.02 Å². The lowest BCUT2D eigenvalue weighted by atomic mass is 10.2. The molecule has 0 atom stereocenters. The van der Waals surface area contributed by atoms with Crippen LogP contribution < -0.4 is 4.74 Å². The third-order valence-corrected chi connectivity index (χ3v) is 4.52. The fourth-order valence-corrected chi connectivity index (χ4v) is 3.02. The molecule has 0 fully saturated rings. The average Bonchev–Trinajstić information content (AvgIpc) is 2.72. The molecular formula is C22H21ClN2O4. The van der Waals surface area contributed by atoms with Crippen molar-refractivity contribution in [3.8, 4) is 5.75 Å². The van der Waals surface area contributed by atoms with Crippen molar-refractivity contribution in [3.05, 3.63) is 70.9 Å². The van der Waals surface area contributed by atoms with E-state index in [2.05, 4.69) is 4.98 Å². The summed E-state index contributed by atoms with van der Waals surface area (Å²) < 4.78 is 10.6. The normalized spacial score (nSPS) is 10.6. The molecule has 2 aromatic carbocycles. The number of carbonyl (C=O) groups excluding carboxylic acids is 2. The molecule has 1 aromatic heterocycles. The topological polar surface area (TPSA) is 68.7 Å². The van der Waals surface area contributed by atoms with Gasteiger partial charge < -0.3 is 14.4 Å².